The number of ether oxygens (including phenoxy) is 1. The normalized spacial score (nSPS) is 17.8. The van der Waals surface area contributed by atoms with Gasteiger partial charge in [0.15, 0.2) is 0 Å². The molecule has 0 bridgehead atoms. The van der Waals surface area contributed by atoms with E-state index in [1.165, 1.54) is 24.3 Å². The number of halogens is 2. The van der Waals surface area contributed by atoms with E-state index in [1.807, 2.05) is 12.1 Å². The minimum absolute atomic E-state index is 0.142. The largest absolute Gasteiger partial charge is 0.423 e. The highest BCUT2D eigenvalue weighted by Crippen LogP contribution is 2.46. The van der Waals surface area contributed by atoms with Crippen molar-refractivity contribution in [1.29, 1.82) is 0 Å². The minimum atomic E-state index is -0.828. The van der Waals surface area contributed by atoms with Crippen molar-refractivity contribution < 1.29 is 28.2 Å². The molecule has 1 saturated heterocycles. The number of benzene rings is 4. The van der Waals surface area contributed by atoms with E-state index < -0.39 is 23.8 Å². The first-order valence-electron chi connectivity index (χ1n) is 12.9. The van der Waals surface area contributed by atoms with Crippen molar-refractivity contribution in [3.05, 3.63) is 138 Å². The van der Waals surface area contributed by atoms with Crippen LogP contribution in [-0.2, 0) is 4.79 Å². The van der Waals surface area contributed by atoms with E-state index in [1.54, 1.807) is 84.6 Å². The van der Waals surface area contributed by atoms with Gasteiger partial charge in [-0.1, -0.05) is 48.5 Å². The summed E-state index contributed by atoms with van der Waals surface area (Å²) < 4.78 is 32.6. The molecule has 0 aromatic heterocycles. The molecule has 1 amide bonds. The second-order valence-electron chi connectivity index (χ2n) is 9.64. The number of carbonyl (C=O) groups excluding carboxylic acids is 2. The van der Waals surface area contributed by atoms with Gasteiger partial charge in [-0.05, 0) is 90.7 Å². The number of amides is 1. The van der Waals surface area contributed by atoms with Gasteiger partial charge in [0.05, 0.1) is 23.6 Å². The molecule has 1 aliphatic rings. The second-order valence-corrected chi connectivity index (χ2v) is 9.64. The monoisotopic (exact) mass is 539 g/mol. The molecule has 4 aromatic rings. The molecule has 4 aromatic carbocycles. The van der Waals surface area contributed by atoms with E-state index in [9.17, 15) is 23.5 Å². The van der Waals surface area contributed by atoms with Crippen molar-refractivity contribution in [3.8, 4) is 5.75 Å². The maximum absolute atomic E-state index is 13.6. The van der Waals surface area contributed by atoms with Gasteiger partial charge >= 0.3 is 5.97 Å². The van der Waals surface area contributed by atoms with E-state index in [2.05, 4.69) is 0 Å². The van der Waals surface area contributed by atoms with Crippen LogP contribution < -0.4 is 9.64 Å². The molecule has 7 heteroatoms. The fraction of sp³-hybridized carbons (Fsp3) is 0.152. The lowest BCUT2D eigenvalue weighted by Gasteiger charge is -2.47. The third-order valence-electron chi connectivity index (χ3n) is 6.98. The van der Waals surface area contributed by atoms with Crippen LogP contribution in [0.25, 0.3) is 5.57 Å². The zero-order valence-corrected chi connectivity index (χ0v) is 21.7. The predicted octanol–water partition coefficient (Wildman–Crippen LogP) is 6.74. The van der Waals surface area contributed by atoms with Gasteiger partial charge in [0, 0.05) is 5.69 Å². The van der Waals surface area contributed by atoms with Crippen LogP contribution in [0.1, 0.15) is 40.9 Å². The molecule has 0 radical (unpaired) electrons. The Morgan fingerprint density at radius 3 is 2.08 bits per heavy atom. The lowest BCUT2D eigenvalue weighted by molar-refractivity contribution is -0.130. The molecule has 0 aliphatic carbocycles. The van der Waals surface area contributed by atoms with Gasteiger partial charge < -0.3 is 14.7 Å². The summed E-state index contributed by atoms with van der Waals surface area (Å²) in [5.74, 6) is -1.50. The quantitative estimate of drug-likeness (QED) is 0.153. The van der Waals surface area contributed by atoms with Crippen molar-refractivity contribution in [2.24, 2.45) is 5.92 Å². The van der Waals surface area contributed by atoms with Crippen molar-refractivity contribution in [2.75, 3.05) is 4.90 Å². The van der Waals surface area contributed by atoms with Crippen molar-refractivity contribution >= 4 is 23.1 Å². The molecule has 1 aliphatic heterocycles. The van der Waals surface area contributed by atoms with Gasteiger partial charge in [-0.25, -0.2) is 13.6 Å². The third-order valence-corrected chi connectivity index (χ3v) is 6.98. The number of carbonyl (C=O) groups is 2. The minimum Gasteiger partial charge on any atom is -0.423 e. The summed E-state index contributed by atoms with van der Waals surface area (Å²) in [7, 11) is 0. The van der Waals surface area contributed by atoms with Crippen LogP contribution in [0.3, 0.4) is 0 Å². The Hall–Kier alpha value is -4.62. The number of aliphatic hydroxyl groups excluding tert-OH is 1. The van der Waals surface area contributed by atoms with Gasteiger partial charge in [-0.3, -0.25) is 4.79 Å². The van der Waals surface area contributed by atoms with Gasteiger partial charge in [0.25, 0.3) is 0 Å². The Balaban J connectivity index is 1.42. The molecule has 0 saturated carbocycles. The number of esters is 1. The molecule has 1 unspecified atom stereocenters. The predicted molar refractivity (Wildman–Crippen MR) is 149 cm³/mol. The number of hydrogen-bond acceptors (Lipinski definition) is 4. The summed E-state index contributed by atoms with van der Waals surface area (Å²) in [6.45, 7) is 1.62. The number of aliphatic hydroxyl groups is 1. The number of anilines is 1. The SMILES string of the molecule is CC(O)C(=CC[C@H]1C(=O)N(c2ccc(F)cc2)[C@@H]1c1ccc(OC(=O)c2ccccc2)cc1)c1ccc(F)cc1. The Morgan fingerprint density at radius 1 is 0.875 bits per heavy atom. The molecule has 202 valence electrons. The summed E-state index contributed by atoms with van der Waals surface area (Å²) in [5.41, 5.74) is 3.06. The maximum atomic E-state index is 13.6. The van der Waals surface area contributed by atoms with E-state index in [0.29, 0.717) is 34.6 Å². The van der Waals surface area contributed by atoms with Crippen molar-refractivity contribution in [3.63, 3.8) is 0 Å². The van der Waals surface area contributed by atoms with Gasteiger partial charge in [0.2, 0.25) is 5.91 Å². The molecule has 3 atom stereocenters. The topological polar surface area (TPSA) is 66.8 Å². The average Bonchev–Trinajstić information content (AvgIpc) is 2.96. The summed E-state index contributed by atoms with van der Waals surface area (Å²) in [6, 6.07) is 26.8. The summed E-state index contributed by atoms with van der Waals surface area (Å²) in [4.78, 5) is 27.4. The molecular formula is C33H27F2NO4. The third kappa shape index (κ3) is 5.70. The van der Waals surface area contributed by atoms with E-state index in [4.69, 9.17) is 4.74 Å². The highest BCUT2D eigenvalue weighted by atomic mass is 19.1. The number of β-lactam (4-membered cyclic amide) rings is 1. The van der Waals surface area contributed by atoms with Crippen molar-refractivity contribution in [2.45, 2.75) is 25.5 Å². The zero-order chi connectivity index (χ0) is 28.2. The molecule has 1 fully saturated rings. The average molecular weight is 540 g/mol. The van der Waals surface area contributed by atoms with Crippen LogP contribution in [0.2, 0.25) is 0 Å². The van der Waals surface area contributed by atoms with Gasteiger partial charge in [-0.2, -0.15) is 0 Å². The smallest absolute Gasteiger partial charge is 0.343 e. The number of hydrogen-bond donors (Lipinski definition) is 1. The van der Waals surface area contributed by atoms with Gasteiger partial charge in [0.1, 0.15) is 17.4 Å². The van der Waals surface area contributed by atoms with Crippen LogP contribution >= 0.6 is 0 Å². The number of rotatable bonds is 8. The first-order chi connectivity index (χ1) is 19.3. The highest BCUT2D eigenvalue weighted by molar-refractivity contribution is 6.03. The Bertz CT molecular complexity index is 1520. The Kier molecular flexibility index (Phi) is 7.84. The lowest BCUT2D eigenvalue weighted by atomic mass is 9.79. The van der Waals surface area contributed by atoms with Crippen LogP contribution in [-0.4, -0.2) is 23.1 Å². The number of allylic oxidation sites excluding steroid dienone is 1. The lowest BCUT2D eigenvalue weighted by Crippen LogP contribution is -2.55. The molecule has 1 N–H and O–H groups in total. The van der Waals surface area contributed by atoms with Crippen LogP contribution in [0.15, 0.2) is 109 Å². The van der Waals surface area contributed by atoms with Crippen molar-refractivity contribution in [1.82, 2.24) is 0 Å². The molecule has 0 spiro atoms. The second kappa shape index (κ2) is 11.6. The molecule has 5 rings (SSSR count). The molecule has 1 heterocycles. The zero-order valence-electron chi connectivity index (χ0n) is 21.7. The van der Waals surface area contributed by atoms with Crippen LogP contribution in [0, 0.1) is 17.6 Å². The summed E-state index contributed by atoms with van der Waals surface area (Å²) in [5, 5.41) is 10.4. The fourth-order valence-corrected chi connectivity index (χ4v) is 4.95. The first kappa shape index (κ1) is 27.0. The van der Waals surface area contributed by atoms with Crippen LogP contribution in [0.4, 0.5) is 14.5 Å². The van der Waals surface area contributed by atoms with E-state index in [-0.39, 0.29) is 17.8 Å². The number of nitrogens with zero attached hydrogens (tertiary/aromatic N) is 1. The molecule has 40 heavy (non-hydrogen) atoms. The van der Waals surface area contributed by atoms with Crippen LogP contribution in [0.5, 0.6) is 5.75 Å². The highest BCUT2D eigenvalue weighted by Gasteiger charge is 2.48. The van der Waals surface area contributed by atoms with E-state index in [0.717, 1.165) is 5.56 Å². The summed E-state index contributed by atoms with van der Waals surface area (Å²) >= 11 is 0. The molecular weight excluding hydrogens is 512 g/mol. The fourth-order valence-electron chi connectivity index (χ4n) is 4.95. The van der Waals surface area contributed by atoms with Gasteiger partial charge in [-0.15, -0.1) is 0 Å². The summed E-state index contributed by atoms with van der Waals surface area (Å²) in [6.07, 6.45) is 1.31. The maximum Gasteiger partial charge on any atom is 0.343 e. The van der Waals surface area contributed by atoms with E-state index >= 15 is 0 Å². The first-order valence-corrected chi connectivity index (χ1v) is 12.9. The molecule has 5 nitrogen and oxygen atoms in total. The Labute approximate surface area is 231 Å². The standard InChI is InChI=1S/C33H27F2NO4/c1-21(37)29(22-7-11-25(34)12-8-22)19-20-30-31(36(32(30)38)27-15-13-26(35)14-16-27)23-9-17-28(18-10-23)40-33(39)24-5-3-2-4-6-24/h2-19,21,30-31,37H,20H2,1H3/t21?,30-,31-/m1/s1. The Morgan fingerprint density at radius 2 is 1.48 bits per heavy atom.